The minimum atomic E-state index is -0.322. The molecule has 0 spiro atoms. The van der Waals surface area contributed by atoms with Crippen LogP contribution in [0.15, 0.2) is 60.7 Å². The summed E-state index contributed by atoms with van der Waals surface area (Å²) in [7, 11) is 6.17. The average Bonchev–Trinajstić information content (AvgIpc) is 2.41. The minimum absolute atomic E-state index is 0.0153. The molecule has 0 aromatic heterocycles. The summed E-state index contributed by atoms with van der Waals surface area (Å²) in [6.07, 6.45) is 10.8. The van der Waals surface area contributed by atoms with Gasteiger partial charge in [-0.3, -0.25) is 4.79 Å². The van der Waals surface area contributed by atoms with Crippen LogP contribution in [0.5, 0.6) is 0 Å². The first-order chi connectivity index (χ1) is 8.60. The van der Waals surface area contributed by atoms with Gasteiger partial charge in [-0.2, -0.15) is 0 Å². The summed E-state index contributed by atoms with van der Waals surface area (Å²) in [5, 5.41) is 0. The number of ketones is 1. The van der Waals surface area contributed by atoms with Crippen LogP contribution in [0.4, 0.5) is 0 Å². The molecule has 0 N–H and O–H groups in total. The van der Waals surface area contributed by atoms with Crippen molar-refractivity contribution in [1.82, 2.24) is 0 Å². The SMILES string of the molecule is [B]C(/C=C/c1ccccc1)C1(I)C=CC(=O)C=C1. The first-order valence-electron chi connectivity index (χ1n) is 5.70. The first kappa shape index (κ1) is 13.3. The number of alkyl halides is 1. The highest BCUT2D eigenvalue weighted by Crippen LogP contribution is 2.37. The summed E-state index contributed by atoms with van der Waals surface area (Å²) in [6.45, 7) is 0. The summed E-state index contributed by atoms with van der Waals surface area (Å²) in [4.78, 5) is 11.1. The molecule has 0 bridgehead atoms. The summed E-state index contributed by atoms with van der Waals surface area (Å²) >= 11 is 2.27. The van der Waals surface area contributed by atoms with Crippen molar-refractivity contribution >= 4 is 42.3 Å². The number of rotatable bonds is 3. The minimum Gasteiger partial charge on any atom is -0.290 e. The van der Waals surface area contributed by atoms with Crippen LogP contribution in [0.3, 0.4) is 0 Å². The standard InChI is InChI=1S/C15H12BIO/c16-14(7-6-12-4-2-1-3-5-12)15(17)10-8-13(18)9-11-15/h1-11,14H/b7-6+. The lowest BCUT2D eigenvalue weighted by Gasteiger charge is -2.27. The Morgan fingerprint density at radius 3 is 2.39 bits per heavy atom. The highest BCUT2D eigenvalue weighted by atomic mass is 127. The third kappa shape index (κ3) is 3.22. The van der Waals surface area contributed by atoms with E-state index in [1.165, 1.54) is 0 Å². The van der Waals surface area contributed by atoms with Crippen LogP contribution in [0.2, 0.25) is 5.82 Å². The predicted octanol–water partition coefficient (Wildman–Crippen LogP) is 3.53. The van der Waals surface area contributed by atoms with Gasteiger partial charge < -0.3 is 0 Å². The van der Waals surface area contributed by atoms with Gasteiger partial charge in [-0.25, -0.2) is 0 Å². The zero-order valence-electron chi connectivity index (χ0n) is 9.79. The highest BCUT2D eigenvalue weighted by molar-refractivity contribution is 14.1. The van der Waals surface area contributed by atoms with Crippen LogP contribution in [0, 0.1) is 0 Å². The molecular weight excluding hydrogens is 334 g/mol. The molecule has 1 atom stereocenters. The van der Waals surface area contributed by atoms with Crippen molar-refractivity contribution in [3.05, 3.63) is 66.3 Å². The molecular formula is C15H12BIO. The summed E-state index contributed by atoms with van der Waals surface area (Å²) in [5.74, 6) is -0.152. The van der Waals surface area contributed by atoms with Gasteiger partial charge in [0.2, 0.25) is 0 Å². The van der Waals surface area contributed by atoms with E-state index < -0.39 is 0 Å². The van der Waals surface area contributed by atoms with Crippen LogP contribution < -0.4 is 0 Å². The largest absolute Gasteiger partial charge is 0.290 e. The van der Waals surface area contributed by atoms with Crippen molar-refractivity contribution in [2.45, 2.75) is 9.24 Å². The number of benzene rings is 1. The number of hydrogen-bond acceptors (Lipinski definition) is 1. The van der Waals surface area contributed by atoms with Gasteiger partial charge in [-0.1, -0.05) is 77.2 Å². The van der Waals surface area contributed by atoms with Crippen LogP contribution in [-0.2, 0) is 4.79 Å². The second-order valence-electron chi connectivity index (χ2n) is 4.19. The van der Waals surface area contributed by atoms with E-state index in [0.717, 1.165) is 5.56 Å². The van der Waals surface area contributed by atoms with E-state index >= 15 is 0 Å². The molecule has 0 saturated carbocycles. The van der Waals surface area contributed by atoms with Crippen LogP contribution >= 0.6 is 22.6 Å². The maximum Gasteiger partial charge on any atom is 0.178 e. The zero-order chi connectivity index (χ0) is 13.0. The Morgan fingerprint density at radius 1 is 1.17 bits per heavy atom. The third-order valence-electron chi connectivity index (χ3n) is 2.81. The normalized spacial score (nSPS) is 19.3. The van der Waals surface area contributed by atoms with Gasteiger partial charge in [-0.15, -0.1) is 0 Å². The summed E-state index contributed by atoms with van der Waals surface area (Å²) < 4.78 is -0.322. The quantitative estimate of drug-likeness (QED) is 0.465. The molecule has 1 aromatic rings. The Balaban J connectivity index is 2.11. The van der Waals surface area contributed by atoms with Crippen molar-refractivity contribution in [2.75, 3.05) is 0 Å². The van der Waals surface area contributed by atoms with Gasteiger partial charge in [0.15, 0.2) is 5.78 Å². The van der Waals surface area contributed by atoms with Crippen LogP contribution in [0.25, 0.3) is 6.08 Å². The number of halogens is 1. The van der Waals surface area contributed by atoms with Crippen molar-refractivity contribution in [1.29, 1.82) is 0 Å². The Bertz CT molecular complexity index is 501. The molecule has 0 fully saturated rings. The zero-order valence-corrected chi connectivity index (χ0v) is 11.9. The highest BCUT2D eigenvalue weighted by Gasteiger charge is 2.27. The van der Waals surface area contributed by atoms with Crippen LogP contribution in [-0.4, -0.2) is 17.1 Å². The van der Waals surface area contributed by atoms with Crippen LogP contribution in [0.1, 0.15) is 5.56 Å². The number of carbonyl (C=O) groups excluding carboxylic acids is 1. The number of hydrogen-bond donors (Lipinski definition) is 0. The molecule has 1 aromatic carbocycles. The number of carbonyl (C=O) groups is 1. The van der Waals surface area contributed by atoms with E-state index in [-0.39, 0.29) is 15.0 Å². The third-order valence-corrected chi connectivity index (χ3v) is 4.25. The second kappa shape index (κ2) is 5.70. The van der Waals surface area contributed by atoms with Crippen molar-refractivity contribution < 1.29 is 4.79 Å². The van der Waals surface area contributed by atoms with Gasteiger partial charge in [0, 0.05) is 0 Å². The lowest BCUT2D eigenvalue weighted by molar-refractivity contribution is -0.110. The summed E-state index contributed by atoms with van der Waals surface area (Å²) in [5.41, 5.74) is 1.12. The van der Waals surface area contributed by atoms with E-state index in [1.54, 1.807) is 12.2 Å². The van der Waals surface area contributed by atoms with E-state index in [4.69, 9.17) is 7.85 Å². The van der Waals surface area contributed by atoms with Gasteiger partial charge in [0.25, 0.3) is 0 Å². The molecule has 1 aliphatic rings. The predicted molar refractivity (Wildman–Crippen MR) is 85.0 cm³/mol. The molecule has 0 amide bonds. The fourth-order valence-corrected chi connectivity index (χ4v) is 2.25. The molecule has 0 aliphatic heterocycles. The fourth-order valence-electron chi connectivity index (χ4n) is 1.68. The maximum absolute atomic E-state index is 11.1. The smallest absolute Gasteiger partial charge is 0.178 e. The van der Waals surface area contributed by atoms with E-state index in [2.05, 4.69) is 22.6 Å². The van der Waals surface area contributed by atoms with Crippen molar-refractivity contribution in [3.8, 4) is 0 Å². The Kier molecular flexibility index (Phi) is 4.22. The monoisotopic (exact) mass is 346 g/mol. The molecule has 2 radical (unpaired) electrons. The average molecular weight is 346 g/mol. The lowest BCUT2D eigenvalue weighted by atomic mass is 9.74. The van der Waals surface area contributed by atoms with E-state index in [9.17, 15) is 4.79 Å². The second-order valence-corrected chi connectivity index (χ2v) is 6.06. The van der Waals surface area contributed by atoms with Gasteiger partial charge in [0.05, 0.1) is 11.3 Å². The molecule has 1 unspecified atom stereocenters. The topological polar surface area (TPSA) is 17.1 Å². The molecule has 3 heteroatoms. The molecule has 0 heterocycles. The molecule has 2 rings (SSSR count). The molecule has 1 nitrogen and oxygen atoms in total. The maximum atomic E-state index is 11.1. The van der Waals surface area contributed by atoms with Gasteiger partial charge in [-0.05, 0) is 23.5 Å². The molecule has 88 valence electrons. The Hall–Kier alpha value is -1.10. The Morgan fingerprint density at radius 2 is 1.78 bits per heavy atom. The lowest BCUT2D eigenvalue weighted by Crippen LogP contribution is -2.23. The fraction of sp³-hybridized carbons (Fsp3) is 0.133. The number of allylic oxidation sites excluding steroid dienone is 5. The molecule has 1 aliphatic carbocycles. The Labute approximate surface area is 122 Å². The van der Waals surface area contributed by atoms with Gasteiger partial charge in [0.1, 0.15) is 0 Å². The molecule has 0 saturated heterocycles. The van der Waals surface area contributed by atoms with Crippen molar-refractivity contribution in [3.63, 3.8) is 0 Å². The first-order valence-corrected chi connectivity index (χ1v) is 6.78. The van der Waals surface area contributed by atoms with Gasteiger partial charge >= 0.3 is 0 Å². The molecule has 18 heavy (non-hydrogen) atoms. The van der Waals surface area contributed by atoms with E-state index in [0.29, 0.717) is 0 Å². The van der Waals surface area contributed by atoms with E-state index in [1.807, 2.05) is 54.6 Å². The van der Waals surface area contributed by atoms with Crippen molar-refractivity contribution in [2.24, 2.45) is 0 Å². The summed E-state index contributed by atoms with van der Waals surface area (Å²) in [6, 6.07) is 10.0.